The number of benzene rings is 2. The molecule has 0 saturated heterocycles. The molecule has 0 aliphatic rings. The Morgan fingerprint density at radius 3 is 2.64 bits per heavy atom. The lowest BCUT2D eigenvalue weighted by atomic mass is 10.2. The van der Waals surface area contributed by atoms with Crippen LogP contribution in [0.4, 0.5) is 5.69 Å². The van der Waals surface area contributed by atoms with E-state index < -0.39 is 0 Å². The normalized spacial score (nSPS) is 10.7. The molecule has 25 heavy (non-hydrogen) atoms. The number of anilines is 1. The summed E-state index contributed by atoms with van der Waals surface area (Å²) in [7, 11) is 0. The third kappa shape index (κ3) is 4.29. The second kappa shape index (κ2) is 7.84. The van der Waals surface area contributed by atoms with E-state index in [2.05, 4.69) is 31.4 Å². The van der Waals surface area contributed by atoms with Crippen molar-refractivity contribution in [3.05, 3.63) is 64.4 Å². The van der Waals surface area contributed by atoms with Crippen LogP contribution in [0, 0.1) is 13.8 Å². The molecule has 0 fully saturated rings. The molecular formula is C18H17BrN4OS. The average molecular weight is 417 g/mol. The number of rotatable bonds is 5. The summed E-state index contributed by atoms with van der Waals surface area (Å²) in [5, 5.41) is 12.0. The van der Waals surface area contributed by atoms with Crippen LogP contribution < -0.4 is 5.32 Å². The van der Waals surface area contributed by atoms with Crippen molar-refractivity contribution in [2.75, 3.05) is 11.1 Å². The summed E-state index contributed by atoms with van der Waals surface area (Å²) in [6.45, 7) is 3.86. The van der Waals surface area contributed by atoms with Gasteiger partial charge in [0.05, 0.1) is 5.75 Å². The molecule has 0 aliphatic carbocycles. The molecule has 128 valence electrons. The fourth-order valence-corrected chi connectivity index (χ4v) is 3.67. The van der Waals surface area contributed by atoms with Gasteiger partial charge in [0.2, 0.25) is 5.91 Å². The summed E-state index contributed by atoms with van der Waals surface area (Å²) in [5.41, 5.74) is 2.81. The fourth-order valence-electron chi connectivity index (χ4n) is 2.39. The van der Waals surface area contributed by atoms with Crippen molar-refractivity contribution < 1.29 is 4.79 Å². The van der Waals surface area contributed by atoms with Crippen LogP contribution in [0.2, 0.25) is 0 Å². The Morgan fingerprint density at radius 2 is 1.92 bits per heavy atom. The van der Waals surface area contributed by atoms with E-state index in [1.807, 2.05) is 66.9 Å². The van der Waals surface area contributed by atoms with E-state index in [9.17, 15) is 4.79 Å². The molecule has 1 N–H and O–H groups in total. The zero-order valence-electron chi connectivity index (χ0n) is 13.9. The average Bonchev–Trinajstić information content (AvgIpc) is 2.97. The van der Waals surface area contributed by atoms with Crippen LogP contribution in [-0.2, 0) is 4.79 Å². The number of hydrogen-bond donors (Lipinski definition) is 1. The first kappa shape index (κ1) is 17.7. The number of amides is 1. The van der Waals surface area contributed by atoms with E-state index in [4.69, 9.17) is 0 Å². The predicted molar refractivity (Wildman–Crippen MR) is 104 cm³/mol. The third-order valence-corrected chi connectivity index (χ3v) is 5.03. The molecule has 0 atom stereocenters. The van der Waals surface area contributed by atoms with Crippen LogP contribution in [0.3, 0.4) is 0 Å². The third-order valence-electron chi connectivity index (χ3n) is 3.60. The van der Waals surface area contributed by atoms with Gasteiger partial charge < -0.3 is 5.32 Å². The Balaban J connectivity index is 1.69. The van der Waals surface area contributed by atoms with E-state index in [1.54, 1.807) is 0 Å². The molecule has 0 unspecified atom stereocenters. The van der Waals surface area contributed by atoms with Crippen LogP contribution in [-0.4, -0.2) is 26.4 Å². The van der Waals surface area contributed by atoms with Gasteiger partial charge in [0, 0.05) is 15.8 Å². The highest BCUT2D eigenvalue weighted by Gasteiger charge is 2.13. The SMILES string of the molecule is Cc1cc(Br)ccc1NC(=O)CSc1nnc(C)n1-c1ccccc1. The molecule has 0 bridgehead atoms. The Hall–Kier alpha value is -2.12. The largest absolute Gasteiger partial charge is 0.325 e. The fraction of sp³-hybridized carbons (Fsp3) is 0.167. The Labute approximate surface area is 159 Å². The number of nitrogens with zero attached hydrogens (tertiary/aromatic N) is 3. The molecule has 2 aromatic carbocycles. The number of aryl methyl sites for hydroxylation is 2. The summed E-state index contributed by atoms with van der Waals surface area (Å²) in [5.74, 6) is 0.981. The maximum Gasteiger partial charge on any atom is 0.234 e. The summed E-state index contributed by atoms with van der Waals surface area (Å²) < 4.78 is 2.94. The zero-order valence-corrected chi connectivity index (χ0v) is 16.3. The summed E-state index contributed by atoms with van der Waals surface area (Å²) >= 11 is 4.79. The number of hydrogen-bond acceptors (Lipinski definition) is 4. The van der Waals surface area contributed by atoms with Crippen LogP contribution in [0.25, 0.3) is 5.69 Å². The molecule has 0 aliphatic heterocycles. The minimum Gasteiger partial charge on any atom is -0.325 e. The second-order valence-electron chi connectivity index (χ2n) is 5.50. The smallest absolute Gasteiger partial charge is 0.234 e. The van der Waals surface area contributed by atoms with Crippen molar-refractivity contribution in [2.45, 2.75) is 19.0 Å². The van der Waals surface area contributed by atoms with Crippen molar-refractivity contribution in [3.8, 4) is 5.69 Å². The lowest BCUT2D eigenvalue weighted by Gasteiger charge is -2.10. The predicted octanol–water partition coefficient (Wildman–Crippen LogP) is 4.38. The molecule has 3 aromatic rings. The Bertz CT molecular complexity index is 895. The van der Waals surface area contributed by atoms with Gasteiger partial charge in [-0.2, -0.15) is 0 Å². The summed E-state index contributed by atoms with van der Waals surface area (Å²) in [6.07, 6.45) is 0. The molecule has 0 saturated carbocycles. The molecule has 3 rings (SSSR count). The van der Waals surface area contributed by atoms with Gasteiger partial charge in [0.1, 0.15) is 5.82 Å². The standard InChI is InChI=1S/C18H17BrN4OS/c1-12-10-14(19)8-9-16(12)20-17(24)11-25-18-22-21-13(2)23(18)15-6-4-3-5-7-15/h3-10H,11H2,1-2H3,(H,20,24). The maximum absolute atomic E-state index is 12.3. The molecule has 1 amide bonds. The van der Waals surface area contributed by atoms with Gasteiger partial charge in [-0.3, -0.25) is 9.36 Å². The number of thioether (sulfide) groups is 1. The number of halogens is 1. The van der Waals surface area contributed by atoms with Crippen LogP contribution in [0.1, 0.15) is 11.4 Å². The quantitative estimate of drug-likeness (QED) is 0.626. The summed E-state index contributed by atoms with van der Waals surface area (Å²) in [4.78, 5) is 12.3. The van der Waals surface area contributed by atoms with Gasteiger partial charge in [0.15, 0.2) is 5.16 Å². The van der Waals surface area contributed by atoms with Crippen molar-refractivity contribution >= 4 is 39.3 Å². The van der Waals surface area contributed by atoms with E-state index in [0.29, 0.717) is 5.16 Å². The molecule has 0 spiro atoms. The van der Waals surface area contributed by atoms with Crippen LogP contribution >= 0.6 is 27.7 Å². The first-order valence-electron chi connectivity index (χ1n) is 7.71. The molecule has 5 nitrogen and oxygen atoms in total. The van der Waals surface area contributed by atoms with Crippen molar-refractivity contribution in [2.24, 2.45) is 0 Å². The number of aromatic nitrogens is 3. The topological polar surface area (TPSA) is 59.8 Å². The lowest BCUT2D eigenvalue weighted by molar-refractivity contribution is -0.113. The minimum absolute atomic E-state index is 0.0734. The zero-order chi connectivity index (χ0) is 17.8. The highest BCUT2D eigenvalue weighted by molar-refractivity contribution is 9.10. The Morgan fingerprint density at radius 1 is 1.16 bits per heavy atom. The first-order valence-corrected chi connectivity index (χ1v) is 9.48. The molecular weight excluding hydrogens is 400 g/mol. The van der Waals surface area contributed by atoms with Gasteiger partial charge in [0.25, 0.3) is 0 Å². The number of nitrogens with one attached hydrogen (secondary N) is 1. The van der Waals surface area contributed by atoms with Gasteiger partial charge in [-0.15, -0.1) is 10.2 Å². The highest BCUT2D eigenvalue weighted by Crippen LogP contribution is 2.23. The lowest BCUT2D eigenvalue weighted by Crippen LogP contribution is -2.15. The van der Waals surface area contributed by atoms with E-state index in [-0.39, 0.29) is 11.7 Å². The van der Waals surface area contributed by atoms with Gasteiger partial charge in [-0.25, -0.2) is 0 Å². The van der Waals surface area contributed by atoms with Gasteiger partial charge >= 0.3 is 0 Å². The number of carbonyl (C=O) groups excluding carboxylic acids is 1. The van der Waals surface area contributed by atoms with Crippen molar-refractivity contribution in [1.82, 2.24) is 14.8 Å². The second-order valence-corrected chi connectivity index (χ2v) is 7.36. The minimum atomic E-state index is -0.0734. The van der Waals surface area contributed by atoms with Crippen LogP contribution in [0.5, 0.6) is 0 Å². The van der Waals surface area contributed by atoms with Crippen molar-refractivity contribution in [3.63, 3.8) is 0 Å². The molecule has 7 heteroatoms. The molecule has 0 radical (unpaired) electrons. The first-order chi connectivity index (χ1) is 12.0. The van der Waals surface area contributed by atoms with E-state index >= 15 is 0 Å². The maximum atomic E-state index is 12.3. The van der Waals surface area contributed by atoms with Crippen LogP contribution in [0.15, 0.2) is 58.2 Å². The number of para-hydroxylation sites is 1. The van der Waals surface area contributed by atoms with E-state index in [1.165, 1.54) is 11.8 Å². The van der Waals surface area contributed by atoms with Gasteiger partial charge in [-0.05, 0) is 49.7 Å². The number of carbonyl (C=O) groups is 1. The molecule has 1 heterocycles. The van der Waals surface area contributed by atoms with Crippen molar-refractivity contribution in [1.29, 1.82) is 0 Å². The highest BCUT2D eigenvalue weighted by atomic mass is 79.9. The van der Waals surface area contributed by atoms with E-state index in [0.717, 1.165) is 27.2 Å². The summed E-state index contributed by atoms with van der Waals surface area (Å²) in [6, 6.07) is 15.6. The monoisotopic (exact) mass is 416 g/mol. The Kier molecular flexibility index (Phi) is 5.55. The molecule has 1 aromatic heterocycles. The van der Waals surface area contributed by atoms with Gasteiger partial charge in [-0.1, -0.05) is 45.9 Å².